The van der Waals surface area contributed by atoms with Crippen molar-refractivity contribution in [3.05, 3.63) is 83.0 Å². The number of hydrogen-bond donors (Lipinski definition) is 1. The van der Waals surface area contributed by atoms with Crippen molar-refractivity contribution in [3.8, 4) is 11.4 Å². The summed E-state index contributed by atoms with van der Waals surface area (Å²) < 4.78 is 8.22. The zero-order valence-electron chi connectivity index (χ0n) is 17.2. The van der Waals surface area contributed by atoms with Gasteiger partial charge in [0.1, 0.15) is 11.1 Å². The fourth-order valence-corrected chi connectivity index (χ4v) is 3.31. The molecule has 31 heavy (non-hydrogen) atoms. The average molecular weight is 417 g/mol. The van der Waals surface area contributed by atoms with Gasteiger partial charge in [0.25, 0.3) is 5.56 Å². The maximum absolute atomic E-state index is 12.8. The number of carbonyl (C=O) groups excluding carboxylic acids is 1. The molecule has 0 fully saturated rings. The van der Waals surface area contributed by atoms with Gasteiger partial charge in [-0.05, 0) is 36.2 Å². The van der Waals surface area contributed by atoms with E-state index >= 15 is 0 Å². The van der Waals surface area contributed by atoms with Gasteiger partial charge in [-0.1, -0.05) is 30.3 Å². The Morgan fingerprint density at radius 3 is 2.61 bits per heavy atom. The van der Waals surface area contributed by atoms with Crippen LogP contribution in [0.4, 0.5) is 0 Å². The molecule has 0 aliphatic heterocycles. The van der Waals surface area contributed by atoms with E-state index in [9.17, 15) is 9.59 Å². The number of nitrogens with zero attached hydrogens (tertiary/aromatic N) is 4. The summed E-state index contributed by atoms with van der Waals surface area (Å²) in [5.74, 6) is 0.693. The largest absolute Gasteiger partial charge is 0.497 e. The monoisotopic (exact) mass is 417 g/mol. The molecule has 0 radical (unpaired) electrons. The lowest BCUT2D eigenvalue weighted by Gasteiger charge is -2.08. The van der Waals surface area contributed by atoms with E-state index in [0.717, 1.165) is 23.4 Å². The summed E-state index contributed by atoms with van der Waals surface area (Å²) in [6.07, 6.45) is 3.91. The summed E-state index contributed by atoms with van der Waals surface area (Å²) in [6.45, 7) is 0.786. The highest BCUT2D eigenvalue weighted by molar-refractivity contribution is 5.76. The van der Waals surface area contributed by atoms with Gasteiger partial charge in [-0.25, -0.2) is 9.67 Å². The minimum Gasteiger partial charge on any atom is -0.497 e. The maximum atomic E-state index is 12.8. The number of amides is 1. The molecule has 0 spiro atoms. The second-order valence-corrected chi connectivity index (χ2v) is 7.07. The Morgan fingerprint density at radius 1 is 1.10 bits per heavy atom. The number of aryl methyl sites for hydroxylation is 1. The lowest BCUT2D eigenvalue weighted by Crippen LogP contribution is -2.29. The fourth-order valence-electron chi connectivity index (χ4n) is 3.31. The number of hydrogen-bond acceptors (Lipinski definition) is 5. The number of para-hydroxylation sites is 1. The minimum atomic E-state index is -0.210. The number of carbonyl (C=O) groups is 1. The van der Waals surface area contributed by atoms with Gasteiger partial charge in [-0.2, -0.15) is 5.10 Å². The molecule has 2 heterocycles. The summed E-state index contributed by atoms with van der Waals surface area (Å²) in [6, 6.07) is 17.2. The minimum absolute atomic E-state index is 0.111. The van der Waals surface area contributed by atoms with Crippen LogP contribution >= 0.6 is 0 Å². The van der Waals surface area contributed by atoms with Crippen LogP contribution in [0.2, 0.25) is 0 Å². The molecule has 1 amide bonds. The summed E-state index contributed by atoms with van der Waals surface area (Å²) in [5, 5.41) is 7.61. The van der Waals surface area contributed by atoms with Crippen molar-refractivity contribution in [2.45, 2.75) is 19.4 Å². The number of ether oxygens (including phenoxy) is 1. The number of nitrogens with one attached hydrogen (secondary N) is 1. The van der Waals surface area contributed by atoms with Crippen LogP contribution < -0.4 is 15.6 Å². The second-order valence-electron chi connectivity index (χ2n) is 7.07. The third-order valence-electron chi connectivity index (χ3n) is 5.03. The molecule has 1 N–H and O–H groups in total. The van der Waals surface area contributed by atoms with Crippen molar-refractivity contribution < 1.29 is 9.53 Å². The highest BCUT2D eigenvalue weighted by Gasteiger charge is 2.12. The van der Waals surface area contributed by atoms with Gasteiger partial charge >= 0.3 is 0 Å². The smallest absolute Gasteiger partial charge is 0.264 e. The Hall–Kier alpha value is -3.94. The van der Waals surface area contributed by atoms with Crippen molar-refractivity contribution in [1.82, 2.24) is 24.6 Å². The Morgan fingerprint density at radius 2 is 1.87 bits per heavy atom. The van der Waals surface area contributed by atoms with Crippen LogP contribution in [0.25, 0.3) is 16.7 Å². The molecule has 4 aromatic rings. The van der Waals surface area contributed by atoms with Crippen molar-refractivity contribution in [3.63, 3.8) is 0 Å². The van der Waals surface area contributed by atoms with Crippen LogP contribution in [0, 0.1) is 0 Å². The van der Waals surface area contributed by atoms with Crippen molar-refractivity contribution in [2.75, 3.05) is 13.7 Å². The van der Waals surface area contributed by atoms with Crippen LogP contribution in [0.1, 0.15) is 12.0 Å². The van der Waals surface area contributed by atoms with Crippen molar-refractivity contribution in [2.24, 2.45) is 0 Å². The molecule has 2 aromatic carbocycles. The molecule has 0 saturated heterocycles. The molecule has 0 unspecified atom stereocenters. The maximum Gasteiger partial charge on any atom is 0.264 e. The SMILES string of the molecule is COc1ccc(CCNC(=O)CCn2cnc3c(cnn3-c3ccccc3)c2=O)cc1. The van der Waals surface area contributed by atoms with E-state index in [4.69, 9.17) is 4.74 Å². The lowest BCUT2D eigenvalue weighted by atomic mass is 10.1. The number of fused-ring (bicyclic) bond motifs is 1. The van der Waals surface area contributed by atoms with E-state index < -0.39 is 0 Å². The molecular weight excluding hydrogens is 394 g/mol. The van der Waals surface area contributed by atoms with E-state index in [1.54, 1.807) is 11.8 Å². The van der Waals surface area contributed by atoms with E-state index in [-0.39, 0.29) is 24.4 Å². The molecule has 0 saturated carbocycles. The predicted octanol–water partition coefficient (Wildman–Crippen LogP) is 2.34. The Balaban J connectivity index is 1.34. The molecule has 0 bridgehead atoms. The zero-order valence-corrected chi connectivity index (χ0v) is 17.2. The topological polar surface area (TPSA) is 91.0 Å². The molecular formula is C23H23N5O3. The van der Waals surface area contributed by atoms with Gasteiger partial charge in [-0.3, -0.25) is 14.2 Å². The van der Waals surface area contributed by atoms with Gasteiger partial charge in [0.15, 0.2) is 5.65 Å². The van der Waals surface area contributed by atoms with E-state index in [0.29, 0.717) is 17.6 Å². The Labute approximate surface area is 179 Å². The molecule has 2 aromatic heterocycles. The molecule has 8 heteroatoms. The first-order valence-corrected chi connectivity index (χ1v) is 10.0. The highest BCUT2D eigenvalue weighted by Crippen LogP contribution is 2.13. The van der Waals surface area contributed by atoms with Gasteiger partial charge in [0.05, 0.1) is 25.3 Å². The standard InChI is InChI=1S/C23H23N5O3/c1-31-19-9-7-17(8-10-19)11-13-24-21(29)12-14-27-16-25-22-20(23(27)30)15-26-28(22)18-5-3-2-4-6-18/h2-10,15-16H,11-14H2,1H3,(H,24,29). The van der Waals surface area contributed by atoms with Gasteiger partial charge in [-0.15, -0.1) is 0 Å². The average Bonchev–Trinajstić information content (AvgIpc) is 3.25. The van der Waals surface area contributed by atoms with Crippen LogP contribution in [0.15, 0.2) is 71.9 Å². The second kappa shape index (κ2) is 9.25. The highest BCUT2D eigenvalue weighted by atomic mass is 16.5. The first-order valence-electron chi connectivity index (χ1n) is 10.0. The van der Waals surface area contributed by atoms with Gasteiger partial charge in [0.2, 0.25) is 5.91 Å². The molecule has 8 nitrogen and oxygen atoms in total. The van der Waals surface area contributed by atoms with Crippen LogP contribution in [-0.4, -0.2) is 38.9 Å². The molecule has 4 rings (SSSR count). The Kier molecular flexibility index (Phi) is 6.07. The molecule has 0 atom stereocenters. The fraction of sp³-hybridized carbons (Fsp3) is 0.217. The van der Waals surface area contributed by atoms with E-state index in [1.807, 2.05) is 54.6 Å². The first kappa shape index (κ1) is 20.3. The third kappa shape index (κ3) is 4.63. The van der Waals surface area contributed by atoms with Crippen LogP contribution in [0.3, 0.4) is 0 Å². The normalized spacial score (nSPS) is 10.9. The zero-order chi connectivity index (χ0) is 21.6. The van der Waals surface area contributed by atoms with Gasteiger partial charge in [0, 0.05) is 19.5 Å². The summed E-state index contributed by atoms with van der Waals surface area (Å²) >= 11 is 0. The molecule has 158 valence electrons. The Bertz CT molecular complexity index is 1230. The van der Waals surface area contributed by atoms with Crippen LogP contribution in [-0.2, 0) is 17.8 Å². The van der Waals surface area contributed by atoms with E-state index in [1.165, 1.54) is 17.1 Å². The quantitative estimate of drug-likeness (QED) is 0.475. The lowest BCUT2D eigenvalue weighted by molar-refractivity contribution is -0.121. The summed E-state index contributed by atoms with van der Waals surface area (Å²) in [4.78, 5) is 29.3. The summed E-state index contributed by atoms with van der Waals surface area (Å²) in [7, 11) is 1.63. The van der Waals surface area contributed by atoms with Crippen LogP contribution in [0.5, 0.6) is 5.75 Å². The third-order valence-corrected chi connectivity index (χ3v) is 5.03. The molecule has 0 aliphatic rings. The first-order chi connectivity index (χ1) is 15.2. The number of rotatable bonds is 8. The van der Waals surface area contributed by atoms with Crippen molar-refractivity contribution in [1.29, 1.82) is 0 Å². The number of aromatic nitrogens is 4. The number of benzene rings is 2. The van der Waals surface area contributed by atoms with Crippen molar-refractivity contribution >= 4 is 16.9 Å². The summed E-state index contributed by atoms with van der Waals surface area (Å²) in [5.41, 5.74) is 2.23. The van der Waals surface area contributed by atoms with E-state index in [2.05, 4.69) is 15.4 Å². The predicted molar refractivity (Wildman–Crippen MR) is 117 cm³/mol. The number of methoxy groups -OCH3 is 1. The van der Waals surface area contributed by atoms with Gasteiger partial charge < -0.3 is 10.1 Å². The molecule has 0 aliphatic carbocycles.